The number of Topliss-reactive ketones (excluding diaryl/α,β-unsaturated/α-hetero) is 1. The summed E-state index contributed by atoms with van der Waals surface area (Å²) in [6.07, 6.45) is 7.81. The van der Waals surface area contributed by atoms with E-state index < -0.39 is 0 Å². The van der Waals surface area contributed by atoms with Crippen LogP contribution in [-0.4, -0.2) is 5.78 Å². The third-order valence-electron chi connectivity index (χ3n) is 2.91. The monoisotopic (exact) mass is 267 g/mol. The Hall–Kier alpha value is -2.95. The van der Waals surface area contributed by atoms with Crippen LogP contribution in [0.2, 0.25) is 0 Å². The van der Waals surface area contributed by atoms with Crippen molar-refractivity contribution in [2.75, 3.05) is 0 Å². The number of allylic oxidation sites excluding steroid dienone is 5. The molecular weight excluding hydrogens is 258 g/mol. The number of nitroso groups, excluding NO2 is 1. The van der Waals surface area contributed by atoms with Crippen LogP contribution in [0.25, 0.3) is 5.70 Å². The minimum absolute atomic E-state index is 0.0925. The van der Waals surface area contributed by atoms with Crippen LogP contribution >= 0.6 is 0 Å². The molecule has 3 rings (SSSR count). The molecule has 0 unspecified atom stereocenters. The second-order valence-electron chi connectivity index (χ2n) is 4.08. The molecule has 0 saturated heterocycles. The summed E-state index contributed by atoms with van der Waals surface area (Å²) in [6, 6.07) is 6.47. The van der Waals surface area contributed by atoms with Gasteiger partial charge in [-0.15, -0.1) is 4.91 Å². The maximum atomic E-state index is 12.3. The van der Waals surface area contributed by atoms with Gasteiger partial charge in [0.15, 0.2) is 17.2 Å². The van der Waals surface area contributed by atoms with Crippen molar-refractivity contribution in [3.63, 3.8) is 0 Å². The Labute approximate surface area is 113 Å². The number of nitrogens with zero attached hydrogens (tertiary/aromatic N) is 1. The minimum atomic E-state index is -0.303. The summed E-state index contributed by atoms with van der Waals surface area (Å²) in [5.74, 6) is 0.226. The molecule has 0 aromatic carbocycles. The molecule has 2 heterocycles. The number of carbonyl (C=O) groups is 1. The van der Waals surface area contributed by atoms with E-state index >= 15 is 0 Å². The first-order chi connectivity index (χ1) is 9.81. The minimum Gasteiger partial charge on any atom is -0.463 e. The van der Waals surface area contributed by atoms with Gasteiger partial charge in [-0.2, -0.15) is 0 Å². The van der Waals surface area contributed by atoms with Crippen molar-refractivity contribution in [3.8, 4) is 0 Å². The van der Waals surface area contributed by atoms with E-state index in [0.29, 0.717) is 16.9 Å². The summed E-state index contributed by atoms with van der Waals surface area (Å²) in [5.41, 5.74) is 0.872. The van der Waals surface area contributed by atoms with Gasteiger partial charge in [-0.1, -0.05) is 18.2 Å². The van der Waals surface area contributed by atoms with Gasteiger partial charge in [-0.3, -0.25) is 4.79 Å². The molecule has 2 aromatic heterocycles. The SMILES string of the molecule is O=N/C(=C1/C=CC=C1C(=O)c1ccco1)c1ccco1. The van der Waals surface area contributed by atoms with Gasteiger partial charge in [-0.05, 0) is 29.4 Å². The van der Waals surface area contributed by atoms with E-state index in [1.165, 1.54) is 12.5 Å². The van der Waals surface area contributed by atoms with E-state index in [9.17, 15) is 9.70 Å². The predicted molar refractivity (Wildman–Crippen MR) is 71.7 cm³/mol. The Morgan fingerprint density at radius 3 is 2.35 bits per heavy atom. The van der Waals surface area contributed by atoms with E-state index in [4.69, 9.17) is 8.83 Å². The average molecular weight is 267 g/mol. The number of carbonyl (C=O) groups excluding carboxylic acids is 1. The van der Waals surface area contributed by atoms with Crippen LogP contribution in [0.15, 0.2) is 80.2 Å². The maximum Gasteiger partial charge on any atom is 0.228 e. The van der Waals surface area contributed by atoms with Gasteiger partial charge in [0.1, 0.15) is 0 Å². The fourth-order valence-electron chi connectivity index (χ4n) is 2.01. The highest BCUT2D eigenvalue weighted by molar-refractivity contribution is 6.12. The zero-order valence-electron chi connectivity index (χ0n) is 10.3. The van der Waals surface area contributed by atoms with Gasteiger partial charge >= 0.3 is 0 Å². The number of hydrogen-bond donors (Lipinski definition) is 0. The molecule has 2 aromatic rings. The van der Waals surface area contributed by atoms with Gasteiger partial charge in [0.25, 0.3) is 0 Å². The Kier molecular flexibility index (Phi) is 3.01. The molecule has 98 valence electrons. The first-order valence-corrected chi connectivity index (χ1v) is 5.89. The summed E-state index contributed by atoms with van der Waals surface area (Å²) >= 11 is 0. The van der Waals surface area contributed by atoms with Crippen molar-refractivity contribution < 1.29 is 13.6 Å². The largest absolute Gasteiger partial charge is 0.463 e. The lowest BCUT2D eigenvalue weighted by Crippen LogP contribution is -2.03. The molecule has 0 saturated carbocycles. The molecule has 0 aliphatic heterocycles. The molecule has 0 N–H and O–H groups in total. The average Bonchev–Trinajstić information content (AvgIpc) is 3.22. The molecular formula is C15H9NO4. The molecule has 5 heteroatoms. The highest BCUT2D eigenvalue weighted by Gasteiger charge is 2.24. The second kappa shape index (κ2) is 4.97. The molecule has 0 amide bonds. The molecule has 5 nitrogen and oxygen atoms in total. The van der Waals surface area contributed by atoms with Crippen LogP contribution in [-0.2, 0) is 0 Å². The maximum absolute atomic E-state index is 12.3. The summed E-state index contributed by atoms with van der Waals surface area (Å²) in [5, 5.41) is 2.99. The summed E-state index contributed by atoms with van der Waals surface area (Å²) in [4.78, 5) is 23.4. The number of rotatable bonds is 4. The van der Waals surface area contributed by atoms with Crippen molar-refractivity contribution in [1.29, 1.82) is 0 Å². The molecule has 0 fully saturated rings. The van der Waals surface area contributed by atoms with E-state index in [2.05, 4.69) is 5.18 Å². The van der Waals surface area contributed by atoms with Crippen LogP contribution in [0, 0.1) is 4.91 Å². The normalized spacial score (nSPS) is 16.1. The topological polar surface area (TPSA) is 72.8 Å². The standard InChI is InChI=1S/C15H9NO4/c17-15(13-7-3-9-20-13)11-5-1-4-10(11)14(16-18)12-6-2-8-19-12/h1-9H/b14-10-. The van der Waals surface area contributed by atoms with Gasteiger partial charge in [0, 0.05) is 11.1 Å². The van der Waals surface area contributed by atoms with E-state index in [0.717, 1.165) is 0 Å². The third kappa shape index (κ3) is 1.95. The molecule has 1 aliphatic carbocycles. The molecule has 20 heavy (non-hydrogen) atoms. The molecule has 0 radical (unpaired) electrons. The third-order valence-corrected chi connectivity index (χ3v) is 2.91. The van der Waals surface area contributed by atoms with Crippen molar-refractivity contribution in [2.45, 2.75) is 0 Å². The van der Waals surface area contributed by atoms with Crippen LogP contribution in [0.5, 0.6) is 0 Å². The predicted octanol–water partition coefficient (Wildman–Crippen LogP) is 3.73. The lowest BCUT2D eigenvalue weighted by Gasteiger charge is -2.04. The van der Waals surface area contributed by atoms with E-state index in [-0.39, 0.29) is 17.2 Å². The van der Waals surface area contributed by atoms with Crippen molar-refractivity contribution in [3.05, 3.63) is 82.6 Å². The Balaban J connectivity index is 2.06. The highest BCUT2D eigenvalue weighted by atomic mass is 16.3. The molecule has 1 aliphatic rings. The summed E-state index contributed by atoms with van der Waals surface area (Å²) in [7, 11) is 0. The Bertz CT molecular complexity index is 731. The van der Waals surface area contributed by atoms with Crippen molar-refractivity contribution in [2.24, 2.45) is 5.18 Å². The fraction of sp³-hybridized carbons (Fsp3) is 0. The molecule has 0 spiro atoms. The second-order valence-corrected chi connectivity index (χ2v) is 4.08. The lowest BCUT2D eigenvalue weighted by atomic mass is 10.0. The van der Waals surface area contributed by atoms with Crippen LogP contribution < -0.4 is 0 Å². The zero-order chi connectivity index (χ0) is 13.9. The van der Waals surface area contributed by atoms with E-state index in [1.807, 2.05) is 0 Å². The van der Waals surface area contributed by atoms with Crippen LogP contribution in [0.4, 0.5) is 0 Å². The summed E-state index contributed by atoms with van der Waals surface area (Å²) in [6.45, 7) is 0. The van der Waals surface area contributed by atoms with Gasteiger partial charge in [0.2, 0.25) is 5.78 Å². The van der Waals surface area contributed by atoms with Crippen LogP contribution in [0.3, 0.4) is 0 Å². The quantitative estimate of drug-likeness (QED) is 0.625. The Morgan fingerprint density at radius 2 is 1.75 bits per heavy atom. The van der Waals surface area contributed by atoms with Crippen molar-refractivity contribution in [1.82, 2.24) is 0 Å². The molecule has 0 atom stereocenters. The molecule has 0 bridgehead atoms. The number of furan rings is 2. The first kappa shape index (κ1) is 12.1. The zero-order valence-corrected chi connectivity index (χ0v) is 10.3. The fourth-order valence-corrected chi connectivity index (χ4v) is 2.01. The number of hydrogen-bond acceptors (Lipinski definition) is 5. The lowest BCUT2D eigenvalue weighted by molar-refractivity contribution is 0.101. The van der Waals surface area contributed by atoms with Gasteiger partial charge < -0.3 is 8.83 Å². The van der Waals surface area contributed by atoms with Gasteiger partial charge in [-0.25, -0.2) is 0 Å². The smallest absolute Gasteiger partial charge is 0.228 e. The van der Waals surface area contributed by atoms with E-state index in [1.54, 1.807) is 42.5 Å². The van der Waals surface area contributed by atoms with Crippen LogP contribution in [0.1, 0.15) is 16.3 Å². The first-order valence-electron chi connectivity index (χ1n) is 5.89. The Morgan fingerprint density at radius 1 is 1.05 bits per heavy atom. The van der Waals surface area contributed by atoms with Crippen molar-refractivity contribution >= 4 is 11.5 Å². The summed E-state index contributed by atoms with van der Waals surface area (Å²) < 4.78 is 10.3. The highest BCUT2D eigenvalue weighted by Crippen LogP contribution is 2.31. The van der Waals surface area contributed by atoms with Gasteiger partial charge in [0.05, 0.1) is 12.5 Å². The number of ketones is 1.